The van der Waals surface area contributed by atoms with E-state index in [1.165, 1.54) is 29.7 Å². The number of carbonyl (C=O) groups is 1. The molecule has 0 aliphatic carbocycles. The van der Waals surface area contributed by atoms with Crippen LogP contribution < -0.4 is 5.32 Å². The van der Waals surface area contributed by atoms with Crippen molar-refractivity contribution in [1.29, 1.82) is 0 Å². The third kappa shape index (κ3) is 4.48. The van der Waals surface area contributed by atoms with E-state index in [0.717, 1.165) is 12.0 Å². The molecule has 0 fully saturated rings. The number of unbranched alkanes of at least 4 members (excludes halogenated alkanes) is 1. The molecule has 3 nitrogen and oxygen atoms in total. The van der Waals surface area contributed by atoms with E-state index >= 15 is 0 Å². The van der Waals surface area contributed by atoms with E-state index in [0.29, 0.717) is 11.6 Å². The predicted octanol–water partition coefficient (Wildman–Crippen LogP) is 3.67. The van der Waals surface area contributed by atoms with E-state index in [1.54, 1.807) is 6.20 Å². The quantitative estimate of drug-likeness (QED) is 0.873. The predicted molar refractivity (Wildman–Crippen MR) is 79.5 cm³/mol. The van der Waals surface area contributed by atoms with Gasteiger partial charge in [-0.1, -0.05) is 37.6 Å². The van der Waals surface area contributed by atoms with Crippen molar-refractivity contribution in [2.45, 2.75) is 32.6 Å². The van der Waals surface area contributed by atoms with Gasteiger partial charge in [-0.2, -0.15) is 0 Å². The molecule has 0 spiro atoms. The lowest BCUT2D eigenvalue weighted by molar-refractivity contribution is -0.115. The number of nitrogens with zero attached hydrogens (tertiary/aromatic N) is 1. The van der Waals surface area contributed by atoms with Gasteiger partial charge in [-0.05, 0) is 24.0 Å². The maximum absolute atomic E-state index is 11.8. The van der Waals surface area contributed by atoms with E-state index in [2.05, 4.69) is 29.4 Å². The summed E-state index contributed by atoms with van der Waals surface area (Å²) in [6, 6.07) is 8.29. The number of aromatic nitrogens is 1. The van der Waals surface area contributed by atoms with Crippen LogP contribution in [0.3, 0.4) is 0 Å². The highest BCUT2D eigenvalue weighted by atomic mass is 32.1. The molecule has 19 heavy (non-hydrogen) atoms. The second kappa shape index (κ2) is 7.04. The zero-order valence-electron chi connectivity index (χ0n) is 11.1. The molecule has 0 saturated heterocycles. The molecule has 2 aromatic rings. The van der Waals surface area contributed by atoms with Gasteiger partial charge in [0.05, 0.1) is 6.42 Å². The highest BCUT2D eigenvalue weighted by Crippen LogP contribution is 2.12. The molecule has 1 heterocycles. The summed E-state index contributed by atoms with van der Waals surface area (Å²) in [4.78, 5) is 15.8. The van der Waals surface area contributed by atoms with Crippen LogP contribution in [-0.4, -0.2) is 10.9 Å². The first-order valence-electron chi connectivity index (χ1n) is 6.55. The Bertz CT molecular complexity index is 505. The smallest absolute Gasteiger partial charge is 0.230 e. The minimum atomic E-state index is -0.0174. The molecule has 0 bridgehead atoms. The largest absolute Gasteiger partial charge is 0.302 e. The fourth-order valence-electron chi connectivity index (χ4n) is 1.84. The van der Waals surface area contributed by atoms with Crippen LogP contribution in [-0.2, 0) is 17.6 Å². The summed E-state index contributed by atoms with van der Waals surface area (Å²) < 4.78 is 0. The van der Waals surface area contributed by atoms with Crippen molar-refractivity contribution < 1.29 is 4.79 Å². The third-order valence-corrected chi connectivity index (χ3v) is 3.57. The van der Waals surface area contributed by atoms with Crippen LogP contribution in [0.4, 0.5) is 5.13 Å². The summed E-state index contributed by atoms with van der Waals surface area (Å²) in [5.74, 6) is -0.0174. The Labute approximate surface area is 117 Å². The van der Waals surface area contributed by atoms with Crippen LogP contribution in [0.5, 0.6) is 0 Å². The zero-order valence-corrected chi connectivity index (χ0v) is 11.9. The van der Waals surface area contributed by atoms with Crippen molar-refractivity contribution in [3.63, 3.8) is 0 Å². The standard InChI is InChI=1S/C15H18N2OS/c1-2-3-4-12-5-7-13(8-6-12)11-14(18)17-15-16-9-10-19-15/h5-10H,2-4,11H2,1H3,(H,16,17,18). The summed E-state index contributed by atoms with van der Waals surface area (Å²) >= 11 is 1.43. The van der Waals surface area contributed by atoms with Gasteiger partial charge in [-0.3, -0.25) is 4.79 Å². The Balaban J connectivity index is 1.86. The van der Waals surface area contributed by atoms with Crippen LogP contribution in [0.1, 0.15) is 30.9 Å². The number of thiazole rings is 1. The van der Waals surface area contributed by atoms with Gasteiger partial charge in [-0.25, -0.2) is 4.98 Å². The molecule has 1 amide bonds. The monoisotopic (exact) mass is 274 g/mol. The summed E-state index contributed by atoms with van der Waals surface area (Å²) in [5.41, 5.74) is 2.38. The van der Waals surface area contributed by atoms with Gasteiger partial charge in [0.25, 0.3) is 0 Å². The molecule has 0 unspecified atom stereocenters. The zero-order chi connectivity index (χ0) is 13.5. The van der Waals surface area contributed by atoms with E-state index in [-0.39, 0.29) is 5.91 Å². The lowest BCUT2D eigenvalue weighted by Crippen LogP contribution is -2.14. The number of anilines is 1. The molecule has 4 heteroatoms. The van der Waals surface area contributed by atoms with Crippen molar-refractivity contribution in [2.24, 2.45) is 0 Å². The molecule has 0 aliphatic heterocycles. The lowest BCUT2D eigenvalue weighted by Gasteiger charge is -2.04. The van der Waals surface area contributed by atoms with E-state index in [1.807, 2.05) is 17.5 Å². The average Bonchev–Trinajstić information content (AvgIpc) is 2.90. The van der Waals surface area contributed by atoms with Gasteiger partial charge < -0.3 is 5.32 Å². The Morgan fingerprint density at radius 2 is 2.00 bits per heavy atom. The highest BCUT2D eigenvalue weighted by Gasteiger charge is 2.05. The normalized spacial score (nSPS) is 10.4. The van der Waals surface area contributed by atoms with E-state index in [9.17, 15) is 4.79 Å². The first-order chi connectivity index (χ1) is 9.28. The summed E-state index contributed by atoms with van der Waals surface area (Å²) in [6.45, 7) is 2.19. The van der Waals surface area contributed by atoms with Crippen LogP contribution >= 0.6 is 11.3 Å². The van der Waals surface area contributed by atoms with Crippen LogP contribution in [0.2, 0.25) is 0 Å². The van der Waals surface area contributed by atoms with Gasteiger partial charge in [0.2, 0.25) is 5.91 Å². The minimum Gasteiger partial charge on any atom is -0.302 e. The third-order valence-electron chi connectivity index (χ3n) is 2.89. The first kappa shape index (κ1) is 13.7. The molecule has 0 radical (unpaired) electrons. The van der Waals surface area contributed by atoms with Gasteiger partial charge in [-0.15, -0.1) is 11.3 Å². The molecular weight excluding hydrogens is 256 g/mol. The maximum Gasteiger partial charge on any atom is 0.230 e. The number of amides is 1. The van der Waals surface area contributed by atoms with Crippen molar-refractivity contribution in [3.8, 4) is 0 Å². The molecule has 100 valence electrons. The Morgan fingerprint density at radius 1 is 1.26 bits per heavy atom. The average molecular weight is 274 g/mol. The molecule has 1 aromatic carbocycles. The Morgan fingerprint density at radius 3 is 2.63 bits per heavy atom. The van der Waals surface area contributed by atoms with Crippen LogP contribution in [0, 0.1) is 0 Å². The van der Waals surface area contributed by atoms with Crippen LogP contribution in [0.25, 0.3) is 0 Å². The molecule has 1 aromatic heterocycles. The fraction of sp³-hybridized carbons (Fsp3) is 0.333. The molecule has 0 saturated carbocycles. The van der Waals surface area contributed by atoms with E-state index < -0.39 is 0 Å². The number of rotatable bonds is 6. The SMILES string of the molecule is CCCCc1ccc(CC(=O)Nc2nccs2)cc1. The number of aryl methyl sites for hydroxylation is 1. The summed E-state index contributed by atoms with van der Waals surface area (Å²) in [6.07, 6.45) is 5.61. The second-order valence-corrected chi connectivity index (χ2v) is 5.38. The van der Waals surface area contributed by atoms with E-state index in [4.69, 9.17) is 0 Å². The first-order valence-corrected chi connectivity index (χ1v) is 7.43. The summed E-state index contributed by atoms with van der Waals surface area (Å²) in [7, 11) is 0. The lowest BCUT2D eigenvalue weighted by atomic mass is 10.0. The number of benzene rings is 1. The molecular formula is C15H18N2OS. The second-order valence-electron chi connectivity index (χ2n) is 4.48. The maximum atomic E-state index is 11.8. The van der Waals surface area contributed by atoms with Crippen LogP contribution in [0.15, 0.2) is 35.8 Å². The van der Waals surface area contributed by atoms with Gasteiger partial charge >= 0.3 is 0 Å². The van der Waals surface area contributed by atoms with Gasteiger partial charge in [0, 0.05) is 11.6 Å². The highest BCUT2D eigenvalue weighted by molar-refractivity contribution is 7.13. The van der Waals surface area contributed by atoms with Gasteiger partial charge in [0.15, 0.2) is 5.13 Å². The number of hydrogen-bond acceptors (Lipinski definition) is 3. The minimum absolute atomic E-state index is 0.0174. The molecule has 2 rings (SSSR count). The van der Waals surface area contributed by atoms with Crippen molar-refractivity contribution in [2.75, 3.05) is 5.32 Å². The molecule has 0 atom stereocenters. The van der Waals surface area contributed by atoms with Crippen molar-refractivity contribution in [3.05, 3.63) is 47.0 Å². The number of carbonyl (C=O) groups excluding carboxylic acids is 1. The van der Waals surface area contributed by atoms with Gasteiger partial charge in [0.1, 0.15) is 0 Å². The molecule has 1 N–H and O–H groups in total. The Hall–Kier alpha value is -1.68. The van der Waals surface area contributed by atoms with Crippen molar-refractivity contribution >= 4 is 22.4 Å². The summed E-state index contributed by atoms with van der Waals surface area (Å²) in [5, 5.41) is 5.29. The molecule has 0 aliphatic rings. The number of nitrogens with one attached hydrogen (secondary N) is 1. The fourth-order valence-corrected chi connectivity index (χ4v) is 2.38. The van der Waals surface area contributed by atoms with Crippen molar-refractivity contribution in [1.82, 2.24) is 4.98 Å². The topological polar surface area (TPSA) is 42.0 Å². The number of hydrogen-bond donors (Lipinski definition) is 1. The Kier molecular flexibility index (Phi) is 5.10.